The van der Waals surface area contributed by atoms with Crippen LogP contribution in [0.1, 0.15) is 1.43 Å². The number of aliphatic imine (C=N–C) groups is 2. The molecule has 0 aliphatic rings. The van der Waals surface area contributed by atoms with E-state index in [9.17, 15) is 0 Å². The molecule has 0 bridgehead atoms. The molecule has 0 aliphatic heterocycles. The van der Waals surface area contributed by atoms with E-state index in [4.69, 9.17) is 22.9 Å². The summed E-state index contributed by atoms with van der Waals surface area (Å²) in [7, 11) is 0. The third kappa shape index (κ3) is 2.37. The van der Waals surface area contributed by atoms with Crippen molar-refractivity contribution in [2.75, 3.05) is 0 Å². The molecule has 2 aromatic rings. The minimum absolute atomic E-state index is 0. The number of nitrogens with zero attached hydrogens (tertiary/aromatic N) is 5. The number of hydrogen-bond donors (Lipinski definition) is 5. The first-order chi connectivity index (χ1) is 8.04. The number of H-pyrrole nitrogens is 1. The van der Waals surface area contributed by atoms with Gasteiger partial charge >= 0.3 is 0 Å². The maximum atomic E-state index is 5.22. The van der Waals surface area contributed by atoms with Crippen molar-refractivity contribution >= 4 is 35.0 Å². The van der Waals surface area contributed by atoms with E-state index in [1.807, 2.05) is 0 Å². The highest BCUT2D eigenvalue weighted by Crippen LogP contribution is 2.15. The Hall–Kier alpha value is -2.91. The van der Waals surface area contributed by atoms with Crippen LogP contribution in [0.5, 0.6) is 0 Å². The standard InChI is InChI=1S/C7H10N10.H2/c8-4(9)16-6-12-1-2-3(14-6)15-7(13-2)17-5(10)11;/h1H,(H9,8,9,10,11,12,13,14,15,16,17);1H. The Kier molecular flexibility index (Phi) is 2.45. The molecular weight excluding hydrogens is 224 g/mol. The first kappa shape index (κ1) is 10.6. The molecule has 0 fully saturated rings. The van der Waals surface area contributed by atoms with E-state index in [2.05, 4.69) is 29.9 Å². The highest BCUT2D eigenvalue weighted by atomic mass is 15.2. The lowest BCUT2D eigenvalue weighted by Gasteiger charge is -1.91. The quantitative estimate of drug-likeness (QED) is 0.307. The lowest BCUT2D eigenvalue weighted by Crippen LogP contribution is -2.22. The van der Waals surface area contributed by atoms with Gasteiger partial charge in [0.15, 0.2) is 17.6 Å². The van der Waals surface area contributed by atoms with Crippen LogP contribution < -0.4 is 22.9 Å². The first-order valence-corrected chi connectivity index (χ1v) is 4.46. The van der Waals surface area contributed by atoms with E-state index in [1.165, 1.54) is 6.20 Å². The summed E-state index contributed by atoms with van der Waals surface area (Å²) < 4.78 is 0. The Morgan fingerprint density at radius 2 is 1.82 bits per heavy atom. The molecule has 2 heterocycles. The second-order valence-electron chi connectivity index (χ2n) is 3.04. The number of hydrogen-bond acceptors (Lipinski definition) is 5. The summed E-state index contributed by atoms with van der Waals surface area (Å²) >= 11 is 0. The molecule has 2 aromatic heterocycles. The third-order valence-electron chi connectivity index (χ3n) is 1.68. The predicted octanol–water partition coefficient (Wildman–Crippen LogP) is -1.59. The first-order valence-electron chi connectivity index (χ1n) is 4.46. The lowest BCUT2D eigenvalue weighted by atomic mass is 10.6. The topological polar surface area (TPSA) is 183 Å². The average Bonchev–Trinajstić information content (AvgIpc) is 2.56. The zero-order valence-electron chi connectivity index (χ0n) is 8.62. The zero-order chi connectivity index (χ0) is 12.4. The second-order valence-corrected chi connectivity index (χ2v) is 3.04. The van der Waals surface area contributed by atoms with Gasteiger partial charge in [0, 0.05) is 1.43 Å². The fourth-order valence-electron chi connectivity index (χ4n) is 1.13. The largest absolute Gasteiger partial charge is 0.370 e. The SMILES string of the molecule is NC(N)=Nc1ncc2[nH]c(N=C(N)N)nc2n1.[HH]. The van der Waals surface area contributed by atoms with Crippen LogP contribution in [-0.2, 0) is 0 Å². The van der Waals surface area contributed by atoms with Crippen molar-refractivity contribution in [3.05, 3.63) is 6.20 Å². The Balaban J connectivity index is 0.00000162. The Morgan fingerprint density at radius 1 is 1.12 bits per heavy atom. The molecule has 10 nitrogen and oxygen atoms in total. The van der Waals surface area contributed by atoms with E-state index in [0.29, 0.717) is 11.2 Å². The highest BCUT2D eigenvalue weighted by Gasteiger charge is 2.05. The number of guanidine groups is 2. The van der Waals surface area contributed by atoms with Crippen LogP contribution in [0.15, 0.2) is 16.2 Å². The summed E-state index contributed by atoms with van der Waals surface area (Å²) in [5.74, 6) is 0.0993. The van der Waals surface area contributed by atoms with Gasteiger partial charge in [0.05, 0.1) is 6.20 Å². The molecule has 0 aromatic carbocycles. The van der Waals surface area contributed by atoms with Crippen LogP contribution in [-0.4, -0.2) is 31.9 Å². The molecule has 90 valence electrons. The number of rotatable bonds is 2. The van der Waals surface area contributed by atoms with Gasteiger partial charge in [-0.05, 0) is 0 Å². The summed E-state index contributed by atoms with van der Waals surface area (Å²) in [6, 6.07) is 0. The number of nitrogens with one attached hydrogen (secondary N) is 1. The number of fused-ring (bicyclic) bond motifs is 1. The van der Waals surface area contributed by atoms with Gasteiger partial charge in [-0.15, -0.1) is 0 Å². The van der Waals surface area contributed by atoms with Gasteiger partial charge in [0.2, 0.25) is 5.95 Å². The van der Waals surface area contributed by atoms with E-state index in [0.717, 1.165) is 0 Å². The molecule has 0 radical (unpaired) electrons. The number of nitrogens with two attached hydrogens (primary N) is 4. The van der Waals surface area contributed by atoms with Crippen molar-refractivity contribution in [2.45, 2.75) is 0 Å². The van der Waals surface area contributed by atoms with Crippen molar-refractivity contribution in [3.63, 3.8) is 0 Å². The molecule has 0 atom stereocenters. The molecule has 0 unspecified atom stereocenters. The molecule has 0 spiro atoms. The predicted molar refractivity (Wildman–Crippen MR) is 64.7 cm³/mol. The summed E-state index contributed by atoms with van der Waals surface area (Å²) in [4.78, 5) is 22.1. The molecule has 0 saturated carbocycles. The third-order valence-corrected chi connectivity index (χ3v) is 1.68. The van der Waals surface area contributed by atoms with Crippen LogP contribution in [0, 0.1) is 0 Å². The van der Waals surface area contributed by atoms with Crippen molar-refractivity contribution in [2.24, 2.45) is 32.9 Å². The minimum atomic E-state index is -0.135. The second kappa shape index (κ2) is 3.92. The molecule has 2 rings (SSSR count). The van der Waals surface area contributed by atoms with Crippen molar-refractivity contribution < 1.29 is 1.43 Å². The average molecular weight is 236 g/mol. The minimum Gasteiger partial charge on any atom is -0.370 e. The van der Waals surface area contributed by atoms with E-state index >= 15 is 0 Å². The van der Waals surface area contributed by atoms with Gasteiger partial charge in [-0.3, -0.25) is 0 Å². The highest BCUT2D eigenvalue weighted by molar-refractivity contribution is 5.81. The van der Waals surface area contributed by atoms with Crippen molar-refractivity contribution in [1.29, 1.82) is 0 Å². The maximum Gasteiger partial charge on any atom is 0.254 e. The lowest BCUT2D eigenvalue weighted by molar-refractivity contribution is 1.15. The zero-order valence-corrected chi connectivity index (χ0v) is 8.62. The van der Waals surface area contributed by atoms with E-state index in [-0.39, 0.29) is 25.2 Å². The summed E-state index contributed by atoms with van der Waals surface area (Å²) in [5.41, 5.74) is 21.8. The summed E-state index contributed by atoms with van der Waals surface area (Å²) in [5, 5.41) is 0. The molecule has 10 heteroatoms. The van der Waals surface area contributed by atoms with Gasteiger partial charge in [0.25, 0.3) is 5.95 Å². The molecular formula is C7H12N10. The molecule has 17 heavy (non-hydrogen) atoms. The van der Waals surface area contributed by atoms with Crippen LogP contribution in [0.4, 0.5) is 11.9 Å². The summed E-state index contributed by atoms with van der Waals surface area (Å²) in [6.45, 7) is 0. The Labute approximate surface area is 96.3 Å². The van der Waals surface area contributed by atoms with Gasteiger partial charge in [-0.1, -0.05) is 0 Å². The van der Waals surface area contributed by atoms with Gasteiger partial charge in [-0.2, -0.15) is 20.0 Å². The van der Waals surface area contributed by atoms with E-state index in [1.54, 1.807) is 0 Å². The number of aromatic nitrogens is 4. The Bertz CT molecular complexity index is 590. The maximum absolute atomic E-state index is 5.22. The number of aromatic amines is 1. The van der Waals surface area contributed by atoms with Gasteiger partial charge in [-0.25, -0.2) is 4.98 Å². The van der Waals surface area contributed by atoms with Crippen LogP contribution in [0.2, 0.25) is 0 Å². The van der Waals surface area contributed by atoms with Gasteiger partial charge in [0.1, 0.15) is 5.52 Å². The molecule has 0 aliphatic carbocycles. The van der Waals surface area contributed by atoms with Crippen LogP contribution >= 0.6 is 0 Å². The van der Waals surface area contributed by atoms with Crippen molar-refractivity contribution in [1.82, 2.24) is 19.9 Å². The fourth-order valence-corrected chi connectivity index (χ4v) is 1.13. The van der Waals surface area contributed by atoms with E-state index < -0.39 is 0 Å². The smallest absolute Gasteiger partial charge is 0.254 e. The van der Waals surface area contributed by atoms with Crippen LogP contribution in [0.25, 0.3) is 11.2 Å². The van der Waals surface area contributed by atoms with Crippen molar-refractivity contribution in [3.8, 4) is 0 Å². The van der Waals surface area contributed by atoms with Crippen LogP contribution in [0.3, 0.4) is 0 Å². The monoisotopic (exact) mass is 236 g/mol. The van der Waals surface area contributed by atoms with Gasteiger partial charge < -0.3 is 27.9 Å². The number of imidazole rings is 1. The molecule has 0 amide bonds. The summed E-state index contributed by atoms with van der Waals surface area (Å²) in [6.07, 6.45) is 1.48. The molecule has 0 saturated heterocycles. The molecule has 9 N–H and O–H groups in total. The normalized spacial score (nSPS) is 10.1. The Morgan fingerprint density at radius 3 is 2.47 bits per heavy atom. The fraction of sp³-hybridized carbons (Fsp3) is 0.